The summed E-state index contributed by atoms with van der Waals surface area (Å²) in [5.41, 5.74) is 0. The van der Waals surface area contributed by atoms with Crippen LogP contribution in [0.3, 0.4) is 0 Å². The lowest BCUT2D eigenvalue weighted by atomic mass is 10.7. The summed E-state index contributed by atoms with van der Waals surface area (Å²) < 4.78 is 0. The second-order valence-electron chi connectivity index (χ2n) is 0.816. The third-order valence-corrected chi connectivity index (χ3v) is 0.917. The normalized spacial score (nSPS) is 13.0. The molecule has 0 aromatic heterocycles. The van der Waals surface area contributed by atoms with E-state index < -0.39 is 0 Å². The molecule has 0 aromatic carbocycles. The Morgan fingerprint density at radius 1 is 1.38 bits per heavy atom. The molecular formula is C3H6Br2N2S. The molecule has 0 amide bonds. The van der Waals surface area contributed by atoms with Gasteiger partial charge in [0.15, 0.2) is 0 Å². The van der Waals surface area contributed by atoms with Crippen LogP contribution in [0.1, 0.15) is 0 Å². The zero-order valence-corrected chi connectivity index (χ0v) is 8.15. The predicted molar refractivity (Wildman–Crippen MR) is 49.0 cm³/mol. The Hall–Kier alpha value is 0.520. The van der Waals surface area contributed by atoms with Crippen LogP contribution in [0.5, 0.6) is 0 Å². The van der Waals surface area contributed by atoms with Gasteiger partial charge in [0.05, 0.1) is 0 Å². The maximum Gasteiger partial charge on any atom is 0.0484 e. The van der Waals surface area contributed by atoms with Crippen LogP contribution in [0.15, 0.2) is 16.6 Å². The molecule has 0 bridgehead atoms. The molecule has 2 nitrogen and oxygen atoms in total. The van der Waals surface area contributed by atoms with Crippen molar-refractivity contribution < 1.29 is 0 Å². The quantitative estimate of drug-likeness (QED) is 0.674. The molecule has 1 heterocycles. The van der Waals surface area contributed by atoms with Crippen molar-refractivity contribution in [2.45, 2.75) is 0 Å². The fraction of sp³-hybridized carbons (Fsp3) is 0. The number of nitrogens with zero attached hydrogens (tertiary/aromatic N) is 1. The molecule has 0 saturated carbocycles. The monoisotopic (exact) mass is 260 g/mol. The highest BCUT2D eigenvalue weighted by Crippen LogP contribution is 1.95. The molecule has 0 atom stereocenters. The zero-order valence-electron chi connectivity index (χ0n) is 3.90. The first-order valence-electron chi connectivity index (χ1n) is 1.59. The second-order valence-corrected chi connectivity index (χ2v) is 1.51. The Balaban J connectivity index is 0. The van der Waals surface area contributed by atoms with Crippen molar-refractivity contribution in [3.63, 3.8) is 0 Å². The van der Waals surface area contributed by atoms with E-state index in [4.69, 9.17) is 0 Å². The molecule has 1 aliphatic rings. The van der Waals surface area contributed by atoms with Crippen molar-refractivity contribution >= 4 is 52.1 Å². The van der Waals surface area contributed by atoms with E-state index in [1.807, 2.05) is 11.5 Å². The van der Waals surface area contributed by atoms with Crippen molar-refractivity contribution in [3.05, 3.63) is 11.5 Å². The van der Waals surface area contributed by atoms with Crippen molar-refractivity contribution in [1.29, 1.82) is 0 Å². The number of rotatable bonds is 0. The largest absolute Gasteiger partial charge is 0.248 e. The van der Waals surface area contributed by atoms with Crippen molar-refractivity contribution in [2.75, 3.05) is 0 Å². The van der Waals surface area contributed by atoms with Gasteiger partial charge in [0, 0.05) is 6.21 Å². The van der Waals surface area contributed by atoms with Crippen LogP contribution in [-0.2, 0) is 0 Å². The standard InChI is InChI=1S/C3H4N2S.2BrH/c1-2-4-5-6-3-1;;/h1-3,5H;2*1H. The fourth-order valence-electron chi connectivity index (χ4n) is 0.209. The predicted octanol–water partition coefficient (Wildman–Crippen LogP) is 1.89. The minimum absolute atomic E-state index is 0. The lowest BCUT2D eigenvalue weighted by molar-refractivity contribution is 1.13. The summed E-state index contributed by atoms with van der Waals surface area (Å²) in [6.45, 7) is 0. The molecule has 0 unspecified atom stereocenters. The summed E-state index contributed by atoms with van der Waals surface area (Å²) in [6, 6.07) is 0. The van der Waals surface area contributed by atoms with Gasteiger partial charge in [-0.3, -0.25) is 0 Å². The molecule has 1 rings (SSSR count). The van der Waals surface area contributed by atoms with Gasteiger partial charge in [0.1, 0.15) is 0 Å². The number of nitrogens with one attached hydrogen (secondary N) is 1. The van der Waals surface area contributed by atoms with Crippen molar-refractivity contribution in [3.8, 4) is 0 Å². The van der Waals surface area contributed by atoms with E-state index in [9.17, 15) is 0 Å². The Labute approximate surface area is 73.5 Å². The highest BCUT2D eigenvalue weighted by molar-refractivity contribution is 8.93. The van der Waals surface area contributed by atoms with Crippen LogP contribution in [-0.4, -0.2) is 6.21 Å². The number of hydrogen-bond acceptors (Lipinski definition) is 3. The summed E-state index contributed by atoms with van der Waals surface area (Å²) in [5, 5.41) is 5.60. The van der Waals surface area contributed by atoms with Gasteiger partial charge in [-0.15, -0.1) is 34.0 Å². The van der Waals surface area contributed by atoms with Gasteiger partial charge in [-0.05, 0) is 23.4 Å². The first-order chi connectivity index (χ1) is 3.00. The van der Waals surface area contributed by atoms with E-state index in [0.29, 0.717) is 0 Å². The van der Waals surface area contributed by atoms with E-state index in [2.05, 4.69) is 9.93 Å². The van der Waals surface area contributed by atoms with Gasteiger partial charge >= 0.3 is 0 Å². The van der Waals surface area contributed by atoms with Crippen LogP contribution in [0.4, 0.5) is 0 Å². The van der Waals surface area contributed by atoms with E-state index in [1.54, 1.807) is 6.21 Å². The van der Waals surface area contributed by atoms with Crippen molar-refractivity contribution in [2.24, 2.45) is 5.10 Å². The smallest absolute Gasteiger partial charge is 0.0484 e. The fourth-order valence-corrected chi connectivity index (χ4v) is 0.540. The van der Waals surface area contributed by atoms with E-state index >= 15 is 0 Å². The summed E-state index contributed by atoms with van der Waals surface area (Å²) in [5.74, 6) is 0. The molecule has 5 heteroatoms. The lowest BCUT2D eigenvalue weighted by Crippen LogP contribution is -1.91. The van der Waals surface area contributed by atoms with Gasteiger partial charge < -0.3 is 0 Å². The van der Waals surface area contributed by atoms with Gasteiger partial charge in [0.25, 0.3) is 0 Å². The topological polar surface area (TPSA) is 24.4 Å². The van der Waals surface area contributed by atoms with Crippen LogP contribution in [0.25, 0.3) is 0 Å². The average molecular weight is 262 g/mol. The Bertz CT molecular complexity index is 81.3. The van der Waals surface area contributed by atoms with Gasteiger partial charge in [-0.25, -0.2) is 4.83 Å². The summed E-state index contributed by atoms with van der Waals surface area (Å²) in [4.78, 5) is 2.68. The number of hydrogen-bond donors (Lipinski definition) is 1. The van der Waals surface area contributed by atoms with Gasteiger partial charge in [0.2, 0.25) is 0 Å². The molecule has 0 radical (unpaired) electrons. The van der Waals surface area contributed by atoms with Crippen molar-refractivity contribution in [1.82, 2.24) is 4.83 Å². The van der Waals surface area contributed by atoms with Crippen LogP contribution in [0, 0.1) is 0 Å². The number of halogens is 2. The van der Waals surface area contributed by atoms with Crippen LogP contribution in [0.2, 0.25) is 0 Å². The van der Waals surface area contributed by atoms with Crippen LogP contribution < -0.4 is 4.83 Å². The molecule has 1 N–H and O–H groups in total. The molecule has 0 spiro atoms. The molecule has 0 aromatic rings. The minimum Gasteiger partial charge on any atom is -0.248 e. The van der Waals surface area contributed by atoms with Crippen LogP contribution >= 0.6 is 45.9 Å². The molecule has 48 valence electrons. The maximum atomic E-state index is 3.68. The first-order valence-corrected chi connectivity index (χ1v) is 2.47. The summed E-state index contributed by atoms with van der Waals surface area (Å²) >= 11 is 1.47. The Morgan fingerprint density at radius 3 is 2.25 bits per heavy atom. The molecule has 0 aliphatic carbocycles. The maximum absolute atomic E-state index is 3.68. The number of hydrazone groups is 1. The lowest BCUT2D eigenvalue weighted by Gasteiger charge is -1.92. The molecule has 1 aliphatic heterocycles. The highest BCUT2D eigenvalue weighted by atomic mass is 79.9. The summed E-state index contributed by atoms with van der Waals surface area (Å²) in [7, 11) is 0. The second kappa shape index (κ2) is 7.52. The third-order valence-electron chi connectivity index (χ3n) is 0.413. The molecule has 0 fully saturated rings. The Kier molecular flexibility index (Phi) is 10.7. The Morgan fingerprint density at radius 2 is 2.12 bits per heavy atom. The van der Waals surface area contributed by atoms with Gasteiger partial charge in [-0.2, -0.15) is 5.10 Å². The summed E-state index contributed by atoms with van der Waals surface area (Å²) in [6.07, 6.45) is 3.58. The van der Waals surface area contributed by atoms with Gasteiger partial charge in [-0.1, -0.05) is 0 Å². The first kappa shape index (κ1) is 11.3. The average Bonchev–Trinajstić information content (AvgIpc) is 1.72. The minimum atomic E-state index is 0. The molecule has 0 saturated heterocycles. The van der Waals surface area contributed by atoms with E-state index in [-0.39, 0.29) is 34.0 Å². The number of allylic oxidation sites excluding steroid dienone is 1. The zero-order chi connectivity index (χ0) is 4.24. The SMILES string of the molecule is Br.Br.C1=CSNN=C1. The molecular weight excluding hydrogens is 256 g/mol. The third kappa shape index (κ3) is 4.67. The van der Waals surface area contributed by atoms with E-state index in [1.165, 1.54) is 11.9 Å². The highest BCUT2D eigenvalue weighted by Gasteiger charge is 1.75. The molecule has 8 heavy (non-hydrogen) atoms. The van der Waals surface area contributed by atoms with E-state index in [0.717, 1.165) is 0 Å².